The van der Waals surface area contributed by atoms with Gasteiger partial charge in [-0.15, -0.1) is 0 Å². The molecule has 0 saturated heterocycles. The Bertz CT molecular complexity index is 1850. The van der Waals surface area contributed by atoms with Gasteiger partial charge in [0.15, 0.2) is 10.9 Å². The van der Waals surface area contributed by atoms with Gasteiger partial charge in [-0.2, -0.15) is 21.9 Å². The van der Waals surface area contributed by atoms with Crippen molar-refractivity contribution in [3.05, 3.63) is 60.3 Å². The first-order chi connectivity index (χ1) is 16.8. The molecule has 0 aliphatic carbocycles. The number of fused-ring (bicyclic) bond motifs is 2. The van der Waals surface area contributed by atoms with Crippen molar-refractivity contribution >= 4 is 69.2 Å². The van der Waals surface area contributed by atoms with Crippen molar-refractivity contribution in [2.24, 2.45) is 0 Å². The molecule has 5 aromatic rings. The van der Waals surface area contributed by atoms with Gasteiger partial charge in [-0.25, -0.2) is 9.67 Å². The summed E-state index contributed by atoms with van der Waals surface area (Å²) in [6.45, 7) is 1.66. The smallest absolute Gasteiger partial charge is 0.297 e. The van der Waals surface area contributed by atoms with Crippen LogP contribution in [0.15, 0.2) is 64.4 Å². The second-order valence-corrected chi connectivity index (χ2v) is 11.4. The van der Waals surface area contributed by atoms with Gasteiger partial charge < -0.3 is 17.2 Å². The van der Waals surface area contributed by atoms with Crippen LogP contribution in [0, 0.1) is 6.92 Å². The van der Waals surface area contributed by atoms with E-state index in [1.165, 1.54) is 34.2 Å². The van der Waals surface area contributed by atoms with E-state index < -0.39 is 20.2 Å². The first kappa shape index (κ1) is 25.3. The van der Waals surface area contributed by atoms with E-state index in [1.54, 1.807) is 43.3 Å². The molecule has 0 fully saturated rings. The first-order valence-electron chi connectivity index (χ1n) is 10.0. The van der Waals surface area contributed by atoms with Crippen molar-refractivity contribution in [1.29, 1.82) is 0 Å². The molecule has 0 bridgehead atoms. The summed E-state index contributed by atoms with van der Waals surface area (Å²) >= 11 is 1.26. The van der Waals surface area contributed by atoms with Crippen LogP contribution >= 0.6 is 11.3 Å². The number of hydrogen-bond donors (Lipinski definition) is 5. The van der Waals surface area contributed by atoms with E-state index in [4.69, 9.17) is 21.8 Å². The average molecular weight is 549 g/mol. The van der Waals surface area contributed by atoms with Crippen LogP contribution in [0.1, 0.15) is 5.69 Å². The molecule has 0 atom stereocenters. The van der Waals surface area contributed by atoms with Gasteiger partial charge in [-0.05, 0) is 36.6 Å². The number of aromatic nitrogens is 3. The lowest BCUT2D eigenvalue weighted by molar-refractivity contribution is 0.481. The van der Waals surface area contributed by atoms with Crippen LogP contribution in [0.2, 0.25) is 0 Å². The predicted octanol–water partition coefficient (Wildman–Crippen LogP) is 2.87. The van der Waals surface area contributed by atoms with Crippen molar-refractivity contribution in [2.45, 2.75) is 16.7 Å². The fourth-order valence-electron chi connectivity index (χ4n) is 3.50. The van der Waals surface area contributed by atoms with Gasteiger partial charge in [-0.1, -0.05) is 41.7 Å². The highest BCUT2D eigenvalue weighted by Gasteiger charge is 2.23. The minimum absolute atomic E-state index is 0.123. The van der Waals surface area contributed by atoms with Crippen LogP contribution < -0.4 is 17.2 Å². The quantitative estimate of drug-likeness (QED) is 0.206. The van der Waals surface area contributed by atoms with Crippen molar-refractivity contribution in [1.82, 2.24) is 14.8 Å². The van der Waals surface area contributed by atoms with Crippen molar-refractivity contribution < 1.29 is 25.9 Å². The number of aryl methyl sites for hydroxylation is 1. The Balaban J connectivity index is 0.000000187. The SMILES string of the molecule is Cc1nn(-c2ccc3ccccc3c2S(=O)(=O)O)c(N)c1N.Nc1nc2cc(S(=O)(=O)O)ccc2s1. The lowest BCUT2D eigenvalue weighted by Gasteiger charge is -2.12. The fraction of sp³-hybridized carbons (Fsp3) is 0.0476. The molecule has 0 unspecified atom stereocenters. The zero-order valence-electron chi connectivity index (χ0n) is 18.5. The molecule has 0 aliphatic rings. The molecular weight excluding hydrogens is 528 g/mol. The Labute approximate surface area is 209 Å². The Kier molecular flexibility index (Phi) is 6.36. The predicted molar refractivity (Wildman–Crippen MR) is 138 cm³/mol. The number of anilines is 3. The van der Waals surface area contributed by atoms with Crippen LogP contribution in [-0.4, -0.2) is 40.7 Å². The summed E-state index contributed by atoms with van der Waals surface area (Å²) in [4.78, 5) is 3.49. The molecule has 5 rings (SSSR count). The highest BCUT2D eigenvalue weighted by atomic mass is 32.2. The number of nitrogens with two attached hydrogens (primary N) is 3. The Morgan fingerprint density at radius 2 is 1.61 bits per heavy atom. The summed E-state index contributed by atoms with van der Waals surface area (Å²) in [5.41, 5.74) is 18.5. The minimum atomic E-state index is -4.49. The van der Waals surface area contributed by atoms with Gasteiger partial charge >= 0.3 is 0 Å². The molecular formula is C21H20N6O6S3. The fourth-order valence-corrected chi connectivity index (χ4v) is 5.59. The van der Waals surface area contributed by atoms with E-state index in [9.17, 15) is 21.4 Å². The Morgan fingerprint density at radius 1 is 0.917 bits per heavy atom. The maximum absolute atomic E-state index is 11.9. The molecule has 188 valence electrons. The van der Waals surface area contributed by atoms with Crippen LogP contribution in [0.5, 0.6) is 0 Å². The summed E-state index contributed by atoms with van der Waals surface area (Å²) in [5, 5.41) is 5.58. The average Bonchev–Trinajstić information content (AvgIpc) is 3.30. The third-order valence-electron chi connectivity index (χ3n) is 5.16. The van der Waals surface area contributed by atoms with E-state index in [1.807, 2.05) is 0 Å². The van der Waals surface area contributed by atoms with Gasteiger partial charge in [0, 0.05) is 5.39 Å². The third kappa shape index (κ3) is 4.82. The van der Waals surface area contributed by atoms with E-state index in [-0.39, 0.29) is 27.0 Å². The summed E-state index contributed by atoms with van der Waals surface area (Å²) < 4.78 is 65.8. The third-order valence-corrected chi connectivity index (χ3v) is 7.82. The molecule has 0 aliphatic heterocycles. The molecule has 36 heavy (non-hydrogen) atoms. The summed E-state index contributed by atoms with van der Waals surface area (Å²) in [6, 6.07) is 14.3. The van der Waals surface area contributed by atoms with E-state index in [0.29, 0.717) is 27.1 Å². The monoisotopic (exact) mass is 548 g/mol. The highest BCUT2D eigenvalue weighted by Crippen LogP contribution is 2.32. The van der Waals surface area contributed by atoms with Gasteiger partial charge in [-0.3, -0.25) is 9.11 Å². The van der Waals surface area contributed by atoms with E-state index in [0.717, 1.165) is 4.70 Å². The zero-order chi connectivity index (χ0) is 26.4. The van der Waals surface area contributed by atoms with Crippen molar-refractivity contribution in [3.63, 3.8) is 0 Å². The van der Waals surface area contributed by atoms with Crippen LogP contribution in [0.4, 0.5) is 16.6 Å². The van der Waals surface area contributed by atoms with Gasteiger partial charge in [0.25, 0.3) is 20.2 Å². The molecule has 2 aromatic heterocycles. The topological polar surface area (TPSA) is 218 Å². The molecule has 0 saturated carbocycles. The van der Waals surface area contributed by atoms with Crippen molar-refractivity contribution in [3.8, 4) is 5.69 Å². The number of benzene rings is 3. The first-order valence-corrected chi connectivity index (χ1v) is 13.7. The van der Waals surface area contributed by atoms with E-state index in [2.05, 4.69) is 10.1 Å². The Hall–Kier alpha value is -3.76. The summed E-state index contributed by atoms with van der Waals surface area (Å²) in [7, 11) is -8.65. The lowest BCUT2D eigenvalue weighted by Crippen LogP contribution is -2.10. The van der Waals surface area contributed by atoms with E-state index >= 15 is 0 Å². The van der Waals surface area contributed by atoms with Gasteiger partial charge in [0.1, 0.15) is 4.90 Å². The Morgan fingerprint density at radius 3 is 2.22 bits per heavy atom. The van der Waals surface area contributed by atoms with Gasteiger partial charge in [0.05, 0.1) is 32.2 Å². The summed E-state index contributed by atoms with van der Waals surface area (Å²) in [6.07, 6.45) is 0. The number of hydrogen-bond acceptors (Lipinski definition) is 10. The number of rotatable bonds is 3. The molecule has 12 nitrogen and oxygen atoms in total. The molecule has 15 heteroatoms. The maximum Gasteiger partial charge on any atom is 0.297 e. The molecule has 8 N–H and O–H groups in total. The van der Waals surface area contributed by atoms with Crippen LogP contribution in [0.25, 0.3) is 26.7 Å². The molecule has 3 aromatic carbocycles. The summed E-state index contributed by atoms with van der Waals surface area (Å²) in [5.74, 6) is 0.123. The molecule has 0 amide bonds. The molecule has 0 spiro atoms. The minimum Gasteiger partial charge on any atom is -0.394 e. The zero-order valence-corrected chi connectivity index (χ0v) is 21.0. The highest BCUT2D eigenvalue weighted by molar-refractivity contribution is 7.86. The largest absolute Gasteiger partial charge is 0.394 e. The molecule has 2 heterocycles. The lowest BCUT2D eigenvalue weighted by atomic mass is 10.1. The van der Waals surface area contributed by atoms with Crippen LogP contribution in [0.3, 0.4) is 0 Å². The second kappa shape index (κ2) is 9.03. The number of thiazole rings is 1. The van der Waals surface area contributed by atoms with Gasteiger partial charge in [0.2, 0.25) is 0 Å². The normalized spacial score (nSPS) is 12.0. The maximum atomic E-state index is 11.9. The van der Waals surface area contributed by atoms with Crippen molar-refractivity contribution in [2.75, 3.05) is 17.2 Å². The number of nitrogens with zero attached hydrogens (tertiary/aromatic N) is 3. The van der Waals surface area contributed by atoms with Crippen LogP contribution in [-0.2, 0) is 20.2 Å². The molecule has 0 radical (unpaired) electrons. The number of nitrogen functional groups attached to an aromatic ring is 3. The second-order valence-electron chi connectivity index (χ2n) is 7.56. The standard InChI is InChI=1S/C14H14N4O3S.C7H6N2O3S2/c1-8-12(15)14(16)18(17-8)11-7-6-9-4-2-3-5-10(9)13(11)22(19,20)21;8-7-9-5-3-4(14(10,11)12)1-2-6(5)13-7/h2-7H,15-16H2,1H3,(H,19,20,21);1-3H,(H2,8,9)(H,10,11,12).